The number of benzene rings is 2. The Labute approximate surface area is 240 Å². The number of H-pyrrole nitrogens is 1. The Balaban J connectivity index is 1.39. The number of carbonyl (C=O) groups is 2. The maximum absolute atomic E-state index is 12.5. The van der Waals surface area contributed by atoms with Gasteiger partial charge in [0.05, 0.1) is 18.4 Å². The summed E-state index contributed by atoms with van der Waals surface area (Å²) in [5, 5.41) is 2.99. The molecule has 0 saturated carbocycles. The molecular formula is C32H38N6O3. The first kappa shape index (κ1) is 28.4. The lowest BCUT2D eigenvalue weighted by Gasteiger charge is -2.29. The number of aromatic nitrogens is 3. The SMILES string of the molecule is COCCCNC(=O)CN1CCc2c(C)cc(-c3cnc4[nH]cc(-c5ccc(C(=O)N(C)C)c(C)c5)c4n3)cc2C1. The molecule has 2 N–H and O–H groups in total. The Hall–Kier alpha value is -4.08. The number of aryl methyl sites for hydroxylation is 2. The highest BCUT2D eigenvalue weighted by Crippen LogP contribution is 2.32. The minimum atomic E-state index is -0.0147. The van der Waals surface area contributed by atoms with Crippen molar-refractivity contribution in [1.82, 2.24) is 30.1 Å². The molecule has 9 nitrogen and oxygen atoms in total. The highest BCUT2D eigenvalue weighted by atomic mass is 16.5. The van der Waals surface area contributed by atoms with Crippen LogP contribution in [0, 0.1) is 13.8 Å². The van der Waals surface area contributed by atoms with E-state index < -0.39 is 0 Å². The lowest BCUT2D eigenvalue weighted by molar-refractivity contribution is -0.122. The molecule has 0 unspecified atom stereocenters. The zero-order valence-corrected chi connectivity index (χ0v) is 24.5. The minimum absolute atomic E-state index is 0.0147. The average molecular weight is 555 g/mol. The number of fused-ring (bicyclic) bond motifs is 2. The first-order valence-electron chi connectivity index (χ1n) is 14.0. The van der Waals surface area contributed by atoms with E-state index in [0.29, 0.717) is 30.9 Å². The summed E-state index contributed by atoms with van der Waals surface area (Å²) in [7, 11) is 5.18. The van der Waals surface area contributed by atoms with Crippen molar-refractivity contribution in [3.05, 3.63) is 70.5 Å². The van der Waals surface area contributed by atoms with Crippen LogP contribution in [0.4, 0.5) is 0 Å². The summed E-state index contributed by atoms with van der Waals surface area (Å²) in [5.41, 5.74) is 10.6. The lowest BCUT2D eigenvalue weighted by Crippen LogP contribution is -2.40. The zero-order chi connectivity index (χ0) is 29.1. The monoisotopic (exact) mass is 554 g/mol. The first-order valence-corrected chi connectivity index (χ1v) is 14.0. The van der Waals surface area contributed by atoms with Crippen LogP contribution in [0.3, 0.4) is 0 Å². The number of amides is 2. The number of hydrogen-bond donors (Lipinski definition) is 2. The van der Waals surface area contributed by atoms with Gasteiger partial charge >= 0.3 is 0 Å². The molecule has 41 heavy (non-hydrogen) atoms. The van der Waals surface area contributed by atoms with Crippen LogP contribution in [-0.4, -0.2) is 84.0 Å². The van der Waals surface area contributed by atoms with E-state index >= 15 is 0 Å². The van der Waals surface area contributed by atoms with Crippen LogP contribution in [0.5, 0.6) is 0 Å². The minimum Gasteiger partial charge on any atom is -0.385 e. The van der Waals surface area contributed by atoms with E-state index in [1.54, 1.807) is 26.1 Å². The highest BCUT2D eigenvalue weighted by molar-refractivity contribution is 5.97. The van der Waals surface area contributed by atoms with Crippen molar-refractivity contribution in [2.24, 2.45) is 0 Å². The quantitative estimate of drug-likeness (QED) is 0.302. The second-order valence-corrected chi connectivity index (χ2v) is 11.0. The Bertz CT molecular complexity index is 1590. The van der Waals surface area contributed by atoms with Gasteiger partial charge in [0.15, 0.2) is 5.65 Å². The van der Waals surface area contributed by atoms with Gasteiger partial charge < -0.3 is 19.9 Å². The van der Waals surface area contributed by atoms with Crippen LogP contribution < -0.4 is 5.32 Å². The van der Waals surface area contributed by atoms with Crippen LogP contribution in [0.1, 0.15) is 39.0 Å². The Morgan fingerprint density at radius 2 is 1.93 bits per heavy atom. The molecule has 9 heteroatoms. The van der Waals surface area contributed by atoms with Gasteiger partial charge in [-0.1, -0.05) is 12.1 Å². The third-order valence-electron chi connectivity index (χ3n) is 7.70. The Kier molecular flexibility index (Phi) is 8.46. The molecule has 0 fully saturated rings. The van der Waals surface area contributed by atoms with E-state index in [1.165, 1.54) is 16.7 Å². The number of hydrogen-bond acceptors (Lipinski definition) is 6. The number of methoxy groups -OCH3 is 1. The number of nitrogens with one attached hydrogen (secondary N) is 2. The van der Waals surface area contributed by atoms with Crippen LogP contribution >= 0.6 is 0 Å². The summed E-state index contributed by atoms with van der Waals surface area (Å²) >= 11 is 0. The predicted octanol–water partition coefficient (Wildman–Crippen LogP) is 4.12. The molecule has 0 aliphatic carbocycles. The molecule has 4 aromatic rings. The zero-order valence-electron chi connectivity index (χ0n) is 24.5. The van der Waals surface area contributed by atoms with E-state index in [2.05, 4.69) is 39.2 Å². The van der Waals surface area contributed by atoms with Gasteiger partial charge in [0.2, 0.25) is 5.91 Å². The molecule has 3 heterocycles. The van der Waals surface area contributed by atoms with Gasteiger partial charge in [-0.3, -0.25) is 14.5 Å². The Morgan fingerprint density at radius 1 is 1.12 bits per heavy atom. The van der Waals surface area contributed by atoms with Crippen molar-refractivity contribution >= 4 is 23.0 Å². The van der Waals surface area contributed by atoms with E-state index in [0.717, 1.165) is 59.4 Å². The second kappa shape index (κ2) is 12.2. The van der Waals surface area contributed by atoms with Gasteiger partial charge in [-0.2, -0.15) is 0 Å². The standard InChI is InChI=1S/C32H38N6O3/c1-20-14-23(15-24-18-38(11-9-25(20)24)19-29(39)33-10-6-12-41-5)28-17-35-31-30(36-28)27(16-34-31)22-7-8-26(21(2)13-22)32(40)37(3)4/h7-8,13-17H,6,9-12,18-19H2,1-5H3,(H,33,39)(H,34,35). The van der Waals surface area contributed by atoms with E-state index in [4.69, 9.17) is 9.72 Å². The normalized spacial score (nSPS) is 13.3. The van der Waals surface area contributed by atoms with Crippen molar-refractivity contribution < 1.29 is 14.3 Å². The van der Waals surface area contributed by atoms with Gasteiger partial charge in [-0.05, 0) is 72.7 Å². The Morgan fingerprint density at radius 3 is 2.68 bits per heavy atom. The summed E-state index contributed by atoms with van der Waals surface area (Å²) in [6.45, 7) is 7.33. The highest BCUT2D eigenvalue weighted by Gasteiger charge is 2.22. The number of carbonyl (C=O) groups excluding carboxylic acids is 2. The van der Waals surface area contributed by atoms with Crippen molar-refractivity contribution in [3.8, 4) is 22.4 Å². The van der Waals surface area contributed by atoms with Crippen molar-refractivity contribution in [2.75, 3.05) is 47.4 Å². The third-order valence-corrected chi connectivity index (χ3v) is 7.70. The van der Waals surface area contributed by atoms with Crippen LogP contribution in [0.15, 0.2) is 42.7 Å². The first-order chi connectivity index (χ1) is 19.7. The van der Waals surface area contributed by atoms with E-state index in [9.17, 15) is 9.59 Å². The molecule has 214 valence electrons. The van der Waals surface area contributed by atoms with Gasteiger partial charge in [0.25, 0.3) is 5.91 Å². The van der Waals surface area contributed by atoms with Crippen LogP contribution in [-0.2, 0) is 22.5 Å². The van der Waals surface area contributed by atoms with Crippen LogP contribution in [0.2, 0.25) is 0 Å². The van der Waals surface area contributed by atoms with Crippen molar-refractivity contribution in [1.29, 1.82) is 0 Å². The maximum atomic E-state index is 12.5. The third kappa shape index (κ3) is 6.16. The molecule has 2 amide bonds. The molecule has 0 atom stereocenters. The van der Waals surface area contributed by atoms with E-state index in [-0.39, 0.29) is 11.8 Å². The smallest absolute Gasteiger partial charge is 0.253 e. The van der Waals surface area contributed by atoms with E-state index in [1.807, 2.05) is 37.5 Å². The molecule has 0 spiro atoms. The van der Waals surface area contributed by atoms with Gasteiger partial charge in [-0.25, -0.2) is 9.97 Å². The summed E-state index contributed by atoms with van der Waals surface area (Å²) in [6, 6.07) is 10.2. The molecule has 5 rings (SSSR count). The van der Waals surface area contributed by atoms with Crippen LogP contribution in [0.25, 0.3) is 33.5 Å². The average Bonchev–Trinajstić information content (AvgIpc) is 3.38. The lowest BCUT2D eigenvalue weighted by atomic mass is 9.92. The molecule has 2 aromatic carbocycles. The molecule has 0 saturated heterocycles. The number of aromatic amines is 1. The number of nitrogens with zero attached hydrogens (tertiary/aromatic N) is 4. The van der Waals surface area contributed by atoms with Crippen molar-refractivity contribution in [3.63, 3.8) is 0 Å². The second-order valence-electron chi connectivity index (χ2n) is 11.0. The largest absolute Gasteiger partial charge is 0.385 e. The molecule has 2 aromatic heterocycles. The van der Waals surface area contributed by atoms with Gasteiger partial charge in [0.1, 0.15) is 5.52 Å². The summed E-state index contributed by atoms with van der Waals surface area (Å²) < 4.78 is 5.06. The maximum Gasteiger partial charge on any atom is 0.253 e. The molecule has 0 bridgehead atoms. The fourth-order valence-electron chi connectivity index (χ4n) is 5.53. The molecule has 1 aliphatic heterocycles. The number of ether oxygens (including phenoxy) is 1. The predicted molar refractivity (Wildman–Crippen MR) is 161 cm³/mol. The number of rotatable bonds is 9. The molecule has 1 aliphatic rings. The molecule has 0 radical (unpaired) electrons. The fraction of sp³-hybridized carbons (Fsp3) is 0.375. The van der Waals surface area contributed by atoms with Crippen molar-refractivity contribution in [2.45, 2.75) is 33.2 Å². The van der Waals surface area contributed by atoms with Gasteiger partial charge in [-0.15, -0.1) is 0 Å². The summed E-state index contributed by atoms with van der Waals surface area (Å²) in [5.74, 6) is 0.0298. The summed E-state index contributed by atoms with van der Waals surface area (Å²) in [6.07, 6.45) is 5.45. The molecular weight excluding hydrogens is 516 g/mol. The summed E-state index contributed by atoms with van der Waals surface area (Å²) in [4.78, 5) is 41.7. The fourth-order valence-corrected chi connectivity index (χ4v) is 5.53. The van der Waals surface area contributed by atoms with Gasteiger partial charge in [0, 0.05) is 70.3 Å². The topological polar surface area (TPSA) is 103 Å².